The number of hydrogen-bond acceptors (Lipinski definition) is 3. The Morgan fingerprint density at radius 2 is 1.89 bits per heavy atom. The first-order chi connectivity index (χ1) is 13.2. The van der Waals surface area contributed by atoms with E-state index in [2.05, 4.69) is 17.2 Å². The SMILES string of the molecule is Cc1[nH]c(C(=O)NCc2ccccc2Cl)c(C)c1S(=O)(=O)N1CCC(C)CC1. The Hall–Kier alpha value is -1.83. The summed E-state index contributed by atoms with van der Waals surface area (Å²) in [6.45, 7) is 6.80. The number of piperidine rings is 1. The minimum atomic E-state index is -3.63. The summed E-state index contributed by atoms with van der Waals surface area (Å²) in [7, 11) is -3.63. The monoisotopic (exact) mass is 423 g/mol. The van der Waals surface area contributed by atoms with Gasteiger partial charge in [-0.1, -0.05) is 36.7 Å². The van der Waals surface area contributed by atoms with Gasteiger partial charge in [-0.15, -0.1) is 0 Å². The fourth-order valence-corrected chi connectivity index (χ4v) is 5.69. The van der Waals surface area contributed by atoms with E-state index in [-0.39, 0.29) is 23.0 Å². The van der Waals surface area contributed by atoms with Gasteiger partial charge in [-0.2, -0.15) is 4.31 Å². The molecule has 3 rings (SSSR count). The minimum absolute atomic E-state index is 0.213. The smallest absolute Gasteiger partial charge is 0.268 e. The number of rotatable bonds is 5. The van der Waals surface area contributed by atoms with Gasteiger partial charge in [-0.3, -0.25) is 4.79 Å². The summed E-state index contributed by atoms with van der Waals surface area (Å²) < 4.78 is 27.8. The zero-order chi connectivity index (χ0) is 20.5. The summed E-state index contributed by atoms with van der Waals surface area (Å²) in [5.41, 5.74) is 2.01. The summed E-state index contributed by atoms with van der Waals surface area (Å²) in [4.78, 5) is 15.8. The molecule has 0 radical (unpaired) electrons. The summed E-state index contributed by atoms with van der Waals surface area (Å²) in [6, 6.07) is 7.27. The van der Waals surface area contributed by atoms with Crippen molar-refractivity contribution in [3.8, 4) is 0 Å². The zero-order valence-electron chi connectivity index (χ0n) is 16.4. The molecule has 6 nitrogen and oxygen atoms in total. The van der Waals surface area contributed by atoms with Crippen LogP contribution in [0.4, 0.5) is 0 Å². The van der Waals surface area contributed by atoms with E-state index in [1.165, 1.54) is 4.31 Å². The van der Waals surface area contributed by atoms with Gasteiger partial charge in [-0.25, -0.2) is 8.42 Å². The lowest BCUT2D eigenvalue weighted by atomic mass is 10.0. The van der Waals surface area contributed by atoms with Crippen LogP contribution >= 0.6 is 11.6 Å². The average Bonchev–Trinajstić information content (AvgIpc) is 2.96. The molecule has 0 saturated carbocycles. The maximum Gasteiger partial charge on any atom is 0.268 e. The predicted molar refractivity (Wildman–Crippen MR) is 110 cm³/mol. The molecule has 1 saturated heterocycles. The second-order valence-corrected chi connectivity index (χ2v) is 9.72. The maximum atomic E-state index is 13.2. The van der Waals surface area contributed by atoms with Gasteiger partial charge in [0.1, 0.15) is 10.6 Å². The van der Waals surface area contributed by atoms with Crippen molar-refractivity contribution in [2.24, 2.45) is 5.92 Å². The standard InChI is InChI=1S/C20H26ClN3O3S/c1-13-8-10-24(11-9-13)28(26,27)19-14(2)18(23-15(19)3)20(25)22-12-16-6-4-5-7-17(16)21/h4-7,13,23H,8-12H2,1-3H3,(H,22,25). The Balaban J connectivity index is 1.81. The molecule has 2 aromatic rings. The number of H-pyrrole nitrogens is 1. The van der Waals surface area contributed by atoms with Crippen LogP contribution in [0.2, 0.25) is 5.02 Å². The van der Waals surface area contributed by atoms with Crippen LogP contribution in [0.15, 0.2) is 29.2 Å². The number of aromatic nitrogens is 1. The van der Waals surface area contributed by atoms with Crippen molar-refractivity contribution in [3.63, 3.8) is 0 Å². The minimum Gasteiger partial charge on any atom is -0.353 e. The van der Waals surface area contributed by atoms with Crippen molar-refractivity contribution in [2.45, 2.75) is 45.1 Å². The van der Waals surface area contributed by atoms with Gasteiger partial charge in [-0.05, 0) is 49.8 Å². The number of amides is 1. The van der Waals surface area contributed by atoms with Gasteiger partial charge in [0.05, 0.1) is 0 Å². The molecule has 1 amide bonds. The van der Waals surface area contributed by atoms with Gasteiger partial charge in [0.15, 0.2) is 0 Å². The molecule has 1 fully saturated rings. The lowest BCUT2D eigenvalue weighted by molar-refractivity contribution is 0.0945. The van der Waals surface area contributed by atoms with Gasteiger partial charge in [0.2, 0.25) is 10.0 Å². The molecule has 1 aliphatic rings. The first kappa shape index (κ1) is 20.9. The highest BCUT2D eigenvalue weighted by molar-refractivity contribution is 7.89. The maximum absolute atomic E-state index is 13.2. The van der Waals surface area contributed by atoms with Crippen molar-refractivity contribution < 1.29 is 13.2 Å². The summed E-state index contributed by atoms with van der Waals surface area (Å²) in [6.07, 6.45) is 1.71. The summed E-state index contributed by atoms with van der Waals surface area (Å²) in [5.74, 6) is 0.181. The molecule has 2 heterocycles. The van der Waals surface area contributed by atoms with E-state index in [0.29, 0.717) is 35.3 Å². The fraction of sp³-hybridized carbons (Fsp3) is 0.450. The summed E-state index contributed by atoms with van der Waals surface area (Å²) in [5, 5.41) is 3.39. The molecule has 0 spiro atoms. The Labute approximate surface area is 171 Å². The largest absolute Gasteiger partial charge is 0.353 e. The zero-order valence-corrected chi connectivity index (χ0v) is 18.0. The van der Waals surface area contributed by atoms with E-state index < -0.39 is 10.0 Å². The molecule has 1 aliphatic heterocycles. The Kier molecular flexibility index (Phi) is 6.17. The van der Waals surface area contributed by atoms with E-state index in [1.807, 2.05) is 18.2 Å². The topological polar surface area (TPSA) is 82.3 Å². The molecule has 2 N–H and O–H groups in total. The first-order valence-electron chi connectivity index (χ1n) is 9.42. The third kappa shape index (κ3) is 4.11. The van der Waals surface area contributed by atoms with Gasteiger partial charge in [0.25, 0.3) is 5.91 Å². The Bertz CT molecular complexity index is 977. The van der Waals surface area contributed by atoms with Crippen LogP contribution in [-0.4, -0.2) is 36.7 Å². The number of carbonyl (C=O) groups excluding carboxylic acids is 1. The number of benzene rings is 1. The highest BCUT2D eigenvalue weighted by Gasteiger charge is 2.33. The number of nitrogens with one attached hydrogen (secondary N) is 2. The molecule has 8 heteroatoms. The van der Waals surface area contributed by atoms with Crippen LogP contribution in [0.1, 0.15) is 47.1 Å². The number of aromatic amines is 1. The van der Waals surface area contributed by atoms with Crippen molar-refractivity contribution in [1.29, 1.82) is 0 Å². The van der Waals surface area contributed by atoms with Crippen molar-refractivity contribution in [2.75, 3.05) is 13.1 Å². The van der Waals surface area contributed by atoms with E-state index in [9.17, 15) is 13.2 Å². The second kappa shape index (κ2) is 8.27. The van der Waals surface area contributed by atoms with Crippen LogP contribution < -0.4 is 5.32 Å². The highest BCUT2D eigenvalue weighted by Crippen LogP contribution is 2.29. The number of carbonyl (C=O) groups is 1. The van der Waals surface area contributed by atoms with Crippen LogP contribution in [0, 0.1) is 19.8 Å². The van der Waals surface area contributed by atoms with Crippen LogP contribution in [0.25, 0.3) is 0 Å². The van der Waals surface area contributed by atoms with E-state index >= 15 is 0 Å². The lowest BCUT2D eigenvalue weighted by Crippen LogP contribution is -2.38. The number of hydrogen-bond donors (Lipinski definition) is 2. The van der Waals surface area contributed by atoms with Crippen molar-refractivity contribution in [3.05, 3.63) is 51.8 Å². The fourth-order valence-electron chi connectivity index (χ4n) is 3.61. The van der Waals surface area contributed by atoms with E-state index in [0.717, 1.165) is 18.4 Å². The normalized spacial score (nSPS) is 16.3. The van der Waals surface area contributed by atoms with Crippen molar-refractivity contribution >= 4 is 27.5 Å². The number of sulfonamides is 1. The predicted octanol–water partition coefficient (Wildman–Crippen LogP) is 3.64. The molecule has 0 unspecified atom stereocenters. The van der Waals surface area contributed by atoms with E-state index in [4.69, 9.17) is 11.6 Å². The molecule has 1 aromatic heterocycles. The van der Waals surface area contributed by atoms with Crippen LogP contribution in [0.5, 0.6) is 0 Å². The van der Waals surface area contributed by atoms with E-state index in [1.54, 1.807) is 19.9 Å². The van der Waals surface area contributed by atoms with Crippen LogP contribution in [0.3, 0.4) is 0 Å². The average molecular weight is 424 g/mol. The number of aryl methyl sites for hydroxylation is 1. The van der Waals surface area contributed by atoms with Crippen LogP contribution in [-0.2, 0) is 16.6 Å². The molecule has 0 bridgehead atoms. The molecule has 0 aliphatic carbocycles. The molecule has 152 valence electrons. The molecular formula is C20H26ClN3O3S. The first-order valence-corrected chi connectivity index (χ1v) is 11.2. The Morgan fingerprint density at radius 1 is 1.25 bits per heavy atom. The lowest BCUT2D eigenvalue weighted by Gasteiger charge is -2.29. The number of halogens is 1. The molecule has 1 aromatic carbocycles. The number of nitrogens with zero attached hydrogens (tertiary/aromatic N) is 1. The highest BCUT2D eigenvalue weighted by atomic mass is 35.5. The van der Waals surface area contributed by atoms with Crippen molar-refractivity contribution in [1.82, 2.24) is 14.6 Å². The quantitative estimate of drug-likeness (QED) is 0.770. The second-order valence-electron chi connectivity index (χ2n) is 7.44. The summed E-state index contributed by atoms with van der Waals surface area (Å²) >= 11 is 6.13. The third-order valence-electron chi connectivity index (χ3n) is 5.33. The molecule has 28 heavy (non-hydrogen) atoms. The van der Waals surface area contributed by atoms with Gasteiger partial charge < -0.3 is 10.3 Å². The van der Waals surface area contributed by atoms with Gasteiger partial charge >= 0.3 is 0 Å². The molecule has 0 atom stereocenters. The van der Waals surface area contributed by atoms with Gasteiger partial charge in [0, 0.05) is 30.4 Å². The molecular weight excluding hydrogens is 398 g/mol. The third-order valence-corrected chi connectivity index (χ3v) is 7.88. The Morgan fingerprint density at radius 3 is 2.54 bits per heavy atom.